The van der Waals surface area contributed by atoms with E-state index in [4.69, 9.17) is 5.73 Å². The molecule has 0 aromatic rings. The van der Waals surface area contributed by atoms with E-state index >= 15 is 0 Å². The predicted molar refractivity (Wildman–Crippen MR) is 38.8 cm³/mol. The largest absolute Gasteiger partial charge is 0.468 e. The average Bonchev–Trinajstić information content (AvgIpc) is 1.97. The minimum atomic E-state index is -0.993. The Kier molecular flexibility index (Phi) is 2.15. The number of carbonyl (C=O) groups excluding carboxylic acids is 1. The molecule has 1 unspecified atom stereocenters. The van der Waals surface area contributed by atoms with Crippen LogP contribution < -0.4 is 5.73 Å². The SMILES string of the molecule is COC(=O)C(N)C1(O)CCC1. The summed E-state index contributed by atoms with van der Waals surface area (Å²) in [6, 6.07) is -0.874. The van der Waals surface area contributed by atoms with Crippen LogP contribution >= 0.6 is 0 Å². The van der Waals surface area contributed by atoms with E-state index in [2.05, 4.69) is 4.74 Å². The first kappa shape index (κ1) is 8.49. The van der Waals surface area contributed by atoms with Crippen LogP contribution in [0.1, 0.15) is 19.3 Å². The smallest absolute Gasteiger partial charge is 0.325 e. The van der Waals surface area contributed by atoms with E-state index in [1.54, 1.807) is 0 Å². The number of ether oxygens (including phenoxy) is 1. The summed E-state index contributed by atoms with van der Waals surface area (Å²) in [6.45, 7) is 0. The van der Waals surface area contributed by atoms with Gasteiger partial charge >= 0.3 is 5.97 Å². The lowest BCUT2D eigenvalue weighted by molar-refractivity contribution is -0.153. The van der Waals surface area contributed by atoms with E-state index in [0.29, 0.717) is 12.8 Å². The maximum atomic E-state index is 10.8. The fraction of sp³-hybridized carbons (Fsp3) is 0.857. The average molecular weight is 159 g/mol. The Morgan fingerprint density at radius 1 is 1.73 bits per heavy atom. The van der Waals surface area contributed by atoms with Crippen LogP contribution in [0.5, 0.6) is 0 Å². The summed E-state index contributed by atoms with van der Waals surface area (Å²) in [5.74, 6) is -0.535. The summed E-state index contributed by atoms with van der Waals surface area (Å²) in [7, 11) is 1.27. The maximum absolute atomic E-state index is 10.8. The molecule has 0 aromatic carbocycles. The van der Waals surface area contributed by atoms with Gasteiger partial charge in [0.25, 0.3) is 0 Å². The van der Waals surface area contributed by atoms with Crippen molar-refractivity contribution in [2.45, 2.75) is 30.9 Å². The zero-order valence-corrected chi connectivity index (χ0v) is 6.54. The van der Waals surface area contributed by atoms with Crippen LogP contribution in [-0.4, -0.2) is 29.8 Å². The minimum Gasteiger partial charge on any atom is -0.468 e. The van der Waals surface area contributed by atoms with Crippen LogP contribution in [0.25, 0.3) is 0 Å². The molecule has 11 heavy (non-hydrogen) atoms. The molecule has 0 aromatic heterocycles. The molecule has 1 aliphatic rings. The number of hydrogen-bond acceptors (Lipinski definition) is 4. The number of methoxy groups -OCH3 is 1. The number of aliphatic hydroxyl groups is 1. The number of carbonyl (C=O) groups is 1. The Bertz CT molecular complexity index is 165. The molecule has 1 rings (SSSR count). The normalized spacial score (nSPS) is 23.5. The third kappa shape index (κ3) is 1.36. The van der Waals surface area contributed by atoms with E-state index in [0.717, 1.165) is 6.42 Å². The first-order valence-electron chi connectivity index (χ1n) is 3.66. The lowest BCUT2D eigenvalue weighted by Gasteiger charge is -2.39. The molecular formula is C7H13NO3. The molecule has 1 fully saturated rings. The van der Waals surface area contributed by atoms with Gasteiger partial charge in [-0.1, -0.05) is 0 Å². The van der Waals surface area contributed by atoms with Crippen LogP contribution in [-0.2, 0) is 9.53 Å². The van der Waals surface area contributed by atoms with Crippen molar-refractivity contribution in [3.8, 4) is 0 Å². The summed E-state index contributed by atoms with van der Waals surface area (Å²) in [6.07, 6.45) is 2.13. The van der Waals surface area contributed by atoms with Gasteiger partial charge in [0.2, 0.25) is 0 Å². The molecule has 1 aliphatic carbocycles. The van der Waals surface area contributed by atoms with Crippen LogP contribution in [0.15, 0.2) is 0 Å². The van der Waals surface area contributed by atoms with Crippen molar-refractivity contribution in [2.75, 3.05) is 7.11 Å². The van der Waals surface area contributed by atoms with Crippen LogP contribution in [0.3, 0.4) is 0 Å². The molecule has 4 nitrogen and oxygen atoms in total. The molecule has 3 N–H and O–H groups in total. The molecule has 1 atom stereocenters. The van der Waals surface area contributed by atoms with Gasteiger partial charge in [0, 0.05) is 0 Å². The third-order valence-electron chi connectivity index (χ3n) is 2.25. The van der Waals surface area contributed by atoms with Crippen molar-refractivity contribution < 1.29 is 14.6 Å². The summed E-state index contributed by atoms with van der Waals surface area (Å²) >= 11 is 0. The number of nitrogens with two attached hydrogens (primary N) is 1. The van der Waals surface area contributed by atoms with Crippen molar-refractivity contribution in [3.05, 3.63) is 0 Å². The molecule has 64 valence electrons. The Hall–Kier alpha value is -0.610. The van der Waals surface area contributed by atoms with E-state index in [1.165, 1.54) is 7.11 Å². The Labute approximate surface area is 65.3 Å². The Balaban J connectivity index is 2.52. The van der Waals surface area contributed by atoms with Crippen LogP contribution in [0.4, 0.5) is 0 Å². The summed E-state index contributed by atoms with van der Waals surface area (Å²) in [5, 5.41) is 9.55. The molecule has 0 amide bonds. The van der Waals surface area contributed by atoms with Gasteiger partial charge in [0.15, 0.2) is 0 Å². The van der Waals surface area contributed by atoms with Gasteiger partial charge in [-0.2, -0.15) is 0 Å². The Morgan fingerprint density at radius 2 is 2.27 bits per heavy atom. The fourth-order valence-electron chi connectivity index (χ4n) is 1.20. The first-order chi connectivity index (χ1) is 5.10. The molecule has 0 spiro atoms. The number of esters is 1. The molecule has 0 bridgehead atoms. The van der Waals surface area contributed by atoms with Gasteiger partial charge in [-0.15, -0.1) is 0 Å². The quantitative estimate of drug-likeness (QED) is 0.528. The van der Waals surface area contributed by atoms with E-state index in [1.807, 2.05) is 0 Å². The molecule has 0 radical (unpaired) electrons. The van der Waals surface area contributed by atoms with Gasteiger partial charge in [0.05, 0.1) is 12.7 Å². The monoisotopic (exact) mass is 159 g/mol. The molecular weight excluding hydrogens is 146 g/mol. The van der Waals surface area contributed by atoms with E-state index < -0.39 is 17.6 Å². The highest BCUT2D eigenvalue weighted by atomic mass is 16.5. The molecule has 0 saturated heterocycles. The highest BCUT2D eigenvalue weighted by Crippen LogP contribution is 2.34. The zero-order chi connectivity index (χ0) is 8.48. The lowest BCUT2D eigenvalue weighted by Crippen LogP contribution is -2.57. The summed E-state index contributed by atoms with van der Waals surface area (Å²) < 4.78 is 4.41. The zero-order valence-electron chi connectivity index (χ0n) is 6.54. The van der Waals surface area contributed by atoms with Crippen LogP contribution in [0.2, 0.25) is 0 Å². The van der Waals surface area contributed by atoms with Gasteiger partial charge in [-0.3, -0.25) is 4.79 Å². The molecule has 1 saturated carbocycles. The maximum Gasteiger partial charge on any atom is 0.325 e. The number of hydrogen-bond donors (Lipinski definition) is 2. The summed E-state index contributed by atoms with van der Waals surface area (Å²) in [4.78, 5) is 10.8. The second-order valence-electron chi connectivity index (χ2n) is 2.96. The van der Waals surface area contributed by atoms with Crippen molar-refractivity contribution in [2.24, 2.45) is 5.73 Å². The predicted octanol–water partition coefficient (Wildman–Crippen LogP) is -0.598. The third-order valence-corrected chi connectivity index (χ3v) is 2.25. The minimum absolute atomic E-state index is 0.535. The highest BCUT2D eigenvalue weighted by Gasteiger charge is 2.44. The first-order valence-corrected chi connectivity index (χ1v) is 3.66. The molecule has 0 heterocycles. The standard InChI is InChI=1S/C7H13NO3/c1-11-6(9)5(8)7(10)3-2-4-7/h5,10H,2-4,8H2,1H3. The van der Waals surface area contributed by atoms with Gasteiger partial charge in [-0.25, -0.2) is 0 Å². The fourth-order valence-corrected chi connectivity index (χ4v) is 1.20. The van der Waals surface area contributed by atoms with E-state index in [9.17, 15) is 9.90 Å². The lowest BCUT2D eigenvalue weighted by atomic mass is 9.75. The Morgan fingerprint density at radius 3 is 2.55 bits per heavy atom. The second kappa shape index (κ2) is 2.79. The summed E-state index contributed by atoms with van der Waals surface area (Å²) in [5.41, 5.74) is 4.45. The second-order valence-corrected chi connectivity index (χ2v) is 2.96. The van der Waals surface area contributed by atoms with E-state index in [-0.39, 0.29) is 0 Å². The van der Waals surface area contributed by atoms with Crippen molar-refractivity contribution in [1.82, 2.24) is 0 Å². The number of rotatable bonds is 2. The molecule has 0 aliphatic heterocycles. The van der Waals surface area contributed by atoms with Gasteiger partial charge in [-0.05, 0) is 19.3 Å². The van der Waals surface area contributed by atoms with Crippen molar-refractivity contribution in [3.63, 3.8) is 0 Å². The topological polar surface area (TPSA) is 72.5 Å². The molecule has 4 heteroatoms. The highest BCUT2D eigenvalue weighted by molar-refractivity contribution is 5.77. The van der Waals surface area contributed by atoms with Crippen molar-refractivity contribution in [1.29, 1.82) is 0 Å². The van der Waals surface area contributed by atoms with Gasteiger partial charge < -0.3 is 15.6 Å². The van der Waals surface area contributed by atoms with Crippen molar-refractivity contribution >= 4 is 5.97 Å². The van der Waals surface area contributed by atoms with Gasteiger partial charge in [0.1, 0.15) is 6.04 Å². The van der Waals surface area contributed by atoms with Crippen LogP contribution in [0, 0.1) is 0 Å².